The maximum absolute atomic E-state index is 12.4. The lowest BCUT2D eigenvalue weighted by Crippen LogP contribution is -2.28. The van der Waals surface area contributed by atoms with Gasteiger partial charge in [-0.1, -0.05) is 35.7 Å². The first kappa shape index (κ1) is 14.4. The van der Waals surface area contributed by atoms with Gasteiger partial charge in [0, 0.05) is 11.5 Å². The second-order valence-electron chi connectivity index (χ2n) is 5.35. The normalized spacial score (nSPS) is 15.0. The highest BCUT2D eigenvalue weighted by atomic mass is 35.5. The third-order valence-corrected chi connectivity index (χ3v) is 4.75. The van der Waals surface area contributed by atoms with Crippen molar-refractivity contribution in [3.63, 3.8) is 0 Å². The van der Waals surface area contributed by atoms with Crippen LogP contribution in [0.3, 0.4) is 0 Å². The fourth-order valence-electron chi connectivity index (χ4n) is 2.58. The van der Waals surface area contributed by atoms with Crippen LogP contribution in [0.4, 0.5) is 5.82 Å². The molecule has 1 heterocycles. The standard InChI is InChI=1S/C15H15Cl2N3O/c1-8-13(10-5-6-11(16)12(17)7-10)14(18)19-20(8)15(21)9-3-2-4-9/h5-7,9H,2-4H2,1H3,(H2,18,19). The van der Waals surface area contributed by atoms with Crippen LogP contribution >= 0.6 is 23.2 Å². The average Bonchev–Trinajstić information content (AvgIpc) is 2.66. The minimum Gasteiger partial charge on any atom is -0.382 e. The third-order valence-electron chi connectivity index (χ3n) is 4.01. The summed E-state index contributed by atoms with van der Waals surface area (Å²) in [5.41, 5.74) is 8.29. The first-order valence-electron chi connectivity index (χ1n) is 6.83. The Morgan fingerprint density at radius 1 is 1.33 bits per heavy atom. The maximum atomic E-state index is 12.4. The summed E-state index contributed by atoms with van der Waals surface area (Å²) in [6.07, 6.45) is 2.96. The minimum absolute atomic E-state index is 0.0248. The van der Waals surface area contributed by atoms with Crippen molar-refractivity contribution in [2.45, 2.75) is 26.2 Å². The Morgan fingerprint density at radius 2 is 2.05 bits per heavy atom. The van der Waals surface area contributed by atoms with E-state index in [-0.39, 0.29) is 11.8 Å². The van der Waals surface area contributed by atoms with E-state index in [1.807, 2.05) is 13.0 Å². The molecule has 3 rings (SSSR count). The highest BCUT2D eigenvalue weighted by Crippen LogP contribution is 2.35. The number of nitrogen functional groups attached to an aromatic ring is 1. The summed E-state index contributed by atoms with van der Waals surface area (Å²) in [5, 5.41) is 5.14. The molecule has 1 aromatic heterocycles. The van der Waals surface area contributed by atoms with Gasteiger partial charge in [0.25, 0.3) is 0 Å². The molecule has 1 aliphatic rings. The van der Waals surface area contributed by atoms with Crippen LogP contribution in [-0.2, 0) is 0 Å². The molecular weight excluding hydrogens is 309 g/mol. The van der Waals surface area contributed by atoms with Crippen LogP contribution in [0.25, 0.3) is 11.1 Å². The van der Waals surface area contributed by atoms with Crippen molar-refractivity contribution in [1.29, 1.82) is 0 Å². The molecule has 1 aromatic carbocycles. The second kappa shape index (κ2) is 5.35. The molecule has 0 spiro atoms. The first-order valence-corrected chi connectivity index (χ1v) is 7.59. The molecule has 1 saturated carbocycles. The number of nitrogens with two attached hydrogens (primary N) is 1. The van der Waals surface area contributed by atoms with Crippen molar-refractivity contribution in [2.24, 2.45) is 5.92 Å². The first-order chi connectivity index (χ1) is 9.99. The van der Waals surface area contributed by atoms with Crippen molar-refractivity contribution in [3.8, 4) is 11.1 Å². The highest BCUT2D eigenvalue weighted by molar-refractivity contribution is 6.42. The van der Waals surface area contributed by atoms with Crippen LogP contribution in [0.15, 0.2) is 18.2 Å². The zero-order chi connectivity index (χ0) is 15.1. The number of anilines is 1. The monoisotopic (exact) mass is 323 g/mol. The summed E-state index contributed by atoms with van der Waals surface area (Å²) in [5.74, 6) is 0.431. The summed E-state index contributed by atoms with van der Waals surface area (Å²) < 4.78 is 1.43. The number of halogens is 2. The van der Waals surface area contributed by atoms with E-state index in [0.29, 0.717) is 15.9 Å². The topological polar surface area (TPSA) is 60.9 Å². The van der Waals surface area contributed by atoms with E-state index >= 15 is 0 Å². The summed E-state index contributed by atoms with van der Waals surface area (Å²) in [6.45, 7) is 1.85. The molecule has 0 bridgehead atoms. The fraction of sp³-hybridized carbons (Fsp3) is 0.333. The van der Waals surface area contributed by atoms with Gasteiger partial charge < -0.3 is 5.73 Å². The minimum atomic E-state index is 0.0248. The Hall–Kier alpha value is -1.52. The molecule has 0 saturated heterocycles. The Kier molecular flexibility index (Phi) is 3.68. The molecule has 2 aromatic rings. The van der Waals surface area contributed by atoms with Crippen LogP contribution in [0.5, 0.6) is 0 Å². The number of hydrogen-bond donors (Lipinski definition) is 1. The van der Waals surface area contributed by atoms with E-state index in [1.54, 1.807) is 12.1 Å². The van der Waals surface area contributed by atoms with E-state index in [9.17, 15) is 4.79 Å². The number of aromatic nitrogens is 2. The number of carbonyl (C=O) groups excluding carboxylic acids is 1. The van der Waals surface area contributed by atoms with Gasteiger partial charge in [-0.15, -0.1) is 5.10 Å². The Morgan fingerprint density at radius 3 is 2.62 bits per heavy atom. The average molecular weight is 324 g/mol. The summed E-state index contributed by atoms with van der Waals surface area (Å²) in [7, 11) is 0. The van der Waals surface area contributed by atoms with Gasteiger partial charge in [0.15, 0.2) is 5.82 Å². The third kappa shape index (κ3) is 2.43. The lowest BCUT2D eigenvalue weighted by atomic mass is 9.85. The molecule has 0 unspecified atom stereocenters. The molecule has 6 heteroatoms. The number of nitrogens with zero attached hydrogens (tertiary/aromatic N) is 2. The molecule has 21 heavy (non-hydrogen) atoms. The van der Waals surface area contributed by atoms with Crippen molar-refractivity contribution in [1.82, 2.24) is 9.78 Å². The Balaban J connectivity index is 2.04. The van der Waals surface area contributed by atoms with Gasteiger partial charge in [0.05, 0.1) is 15.7 Å². The molecular formula is C15H15Cl2N3O. The molecule has 0 amide bonds. The van der Waals surface area contributed by atoms with E-state index in [1.165, 1.54) is 4.68 Å². The van der Waals surface area contributed by atoms with E-state index < -0.39 is 0 Å². The zero-order valence-corrected chi connectivity index (χ0v) is 13.1. The number of benzene rings is 1. The molecule has 4 nitrogen and oxygen atoms in total. The summed E-state index contributed by atoms with van der Waals surface area (Å²) in [4.78, 5) is 12.4. The summed E-state index contributed by atoms with van der Waals surface area (Å²) >= 11 is 12.0. The van der Waals surface area contributed by atoms with Gasteiger partial charge in [-0.25, -0.2) is 4.68 Å². The van der Waals surface area contributed by atoms with Gasteiger partial charge in [-0.05, 0) is 37.5 Å². The molecule has 0 atom stereocenters. The summed E-state index contributed by atoms with van der Waals surface area (Å²) in [6, 6.07) is 5.28. The second-order valence-corrected chi connectivity index (χ2v) is 6.17. The van der Waals surface area contributed by atoms with Crippen LogP contribution in [0.1, 0.15) is 29.8 Å². The van der Waals surface area contributed by atoms with Crippen molar-refractivity contribution >= 4 is 34.9 Å². The quantitative estimate of drug-likeness (QED) is 0.901. The van der Waals surface area contributed by atoms with Crippen LogP contribution in [0, 0.1) is 12.8 Å². The Labute approximate surface area is 132 Å². The SMILES string of the molecule is Cc1c(-c2ccc(Cl)c(Cl)c2)c(N)nn1C(=O)C1CCC1. The number of rotatable bonds is 2. The molecule has 1 aliphatic carbocycles. The highest BCUT2D eigenvalue weighted by Gasteiger charge is 2.29. The predicted molar refractivity (Wildman–Crippen MR) is 84.8 cm³/mol. The van der Waals surface area contributed by atoms with Crippen LogP contribution < -0.4 is 5.73 Å². The largest absolute Gasteiger partial charge is 0.382 e. The molecule has 1 fully saturated rings. The van der Waals surface area contributed by atoms with E-state index in [2.05, 4.69) is 5.10 Å². The van der Waals surface area contributed by atoms with Crippen molar-refractivity contribution in [2.75, 3.05) is 5.73 Å². The molecule has 110 valence electrons. The van der Waals surface area contributed by atoms with Crippen LogP contribution in [0.2, 0.25) is 10.0 Å². The predicted octanol–water partition coefficient (Wildman–Crippen LogP) is 4.19. The lowest BCUT2D eigenvalue weighted by molar-refractivity contribution is 0.0745. The zero-order valence-electron chi connectivity index (χ0n) is 11.6. The Bertz CT molecular complexity index is 720. The van der Waals surface area contributed by atoms with Gasteiger partial charge in [-0.3, -0.25) is 4.79 Å². The van der Waals surface area contributed by atoms with Gasteiger partial charge in [-0.2, -0.15) is 0 Å². The molecule has 0 aliphatic heterocycles. The smallest absolute Gasteiger partial charge is 0.250 e. The molecule has 0 radical (unpaired) electrons. The van der Waals surface area contributed by atoms with Crippen LogP contribution in [-0.4, -0.2) is 15.7 Å². The van der Waals surface area contributed by atoms with Gasteiger partial charge >= 0.3 is 0 Å². The number of hydrogen-bond acceptors (Lipinski definition) is 3. The van der Waals surface area contributed by atoms with Gasteiger partial charge in [0.1, 0.15) is 0 Å². The van der Waals surface area contributed by atoms with Crippen molar-refractivity contribution < 1.29 is 4.79 Å². The number of carbonyl (C=O) groups is 1. The van der Waals surface area contributed by atoms with Gasteiger partial charge in [0.2, 0.25) is 5.91 Å². The van der Waals surface area contributed by atoms with E-state index in [0.717, 1.165) is 36.1 Å². The van der Waals surface area contributed by atoms with Crippen molar-refractivity contribution in [3.05, 3.63) is 33.9 Å². The van der Waals surface area contributed by atoms with E-state index in [4.69, 9.17) is 28.9 Å². The lowest BCUT2D eigenvalue weighted by Gasteiger charge is -2.23. The maximum Gasteiger partial charge on any atom is 0.250 e. The molecule has 2 N–H and O–H groups in total. The fourth-order valence-corrected chi connectivity index (χ4v) is 2.87.